The zero-order valence-electron chi connectivity index (χ0n) is 13.0. The number of hydrogen-bond acceptors (Lipinski definition) is 3. The summed E-state index contributed by atoms with van der Waals surface area (Å²) in [5.41, 5.74) is 1.68. The van der Waals surface area contributed by atoms with E-state index in [1.165, 1.54) is 6.07 Å². The number of sulfonamides is 1. The Morgan fingerprint density at radius 2 is 1.83 bits per heavy atom. The van der Waals surface area contributed by atoms with Gasteiger partial charge in [0.05, 0.1) is 10.9 Å². The Kier molecular flexibility index (Phi) is 4.37. The SMILES string of the molecule is Cc1ccc(S(=O)(=O)N2CCCC[C@H]2c2ccc(=O)[nH]c2)cc1. The van der Waals surface area contributed by atoms with Crippen LogP contribution in [-0.2, 0) is 10.0 Å². The van der Waals surface area contributed by atoms with E-state index in [-0.39, 0.29) is 11.6 Å². The fourth-order valence-electron chi connectivity index (χ4n) is 3.00. The van der Waals surface area contributed by atoms with Crippen molar-refractivity contribution in [2.45, 2.75) is 37.1 Å². The molecule has 0 saturated carbocycles. The molecular weight excluding hydrogens is 312 g/mol. The molecular formula is C17H20N2O3S. The molecule has 0 radical (unpaired) electrons. The lowest BCUT2D eigenvalue weighted by Crippen LogP contribution is -2.38. The third-order valence-corrected chi connectivity index (χ3v) is 6.20. The van der Waals surface area contributed by atoms with Crippen LogP contribution in [0.5, 0.6) is 0 Å². The third kappa shape index (κ3) is 3.23. The van der Waals surface area contributed by atoms with Gasteiger partial charge in [0.15, 0.2) is 0 Å². The first-order chi connectivity index (χ1) is 11.0. The largest absolute Gasteiger partial charge is 0.329 e. The maximum absolute atomic E-state index is 13.0. The Labute approximate surface area is 136 Å². The zero-order chi connectivity index (χ0) is 16.4. The van der Waals surface area contributed by atoms with Crippen molar-refractivity contribution in [1.29, 1.82) is 0 Å². The van der Waals surface area contributed by atoms with Crippen molar-refractivity contribution in [3.8, 4) is 0 Å². The van der Waals surface area contributed by atoms with Crippen LogP contribution in [0.25, 0.3) is 0 Å². The number of piperidine rings is 1. The van der Waals surface area contributed by atoms with Gasteiger partial charge in [-0.1, -0.05) is 30.2 Å². The van der Waals surface area contributed by atoms with E-state index in [1.807, 2.05) is 19.1 Å². The smallest absolute Gasteiger partial charge is 0.247 e. The van der Waals surface area contributed by atoms with Crippen molar-refractivity contribution in [3.63, 3.8) is 0 Å². The molecule has 1 N–H and O–H groups in total. The molecule has 0 aliphatic carbocycles. The Balaban J connectivity index is 1.99. The van der Waals surface area contributed by atoms with Crippen molar-refractivity contribution in [3.05, 3.63) is 64.1 Å². The number of aromatic nitrogens is 1. The van der Waals surface area contributed by atoms with Gasteiger partial charge in [-0.25, -0.2) is 8.42 Å². The van der Waals surface area contributed by atoms with Crippen LogP contribution >= 0.6 is 0 Å². The molecule has 5 nitrogen and oxygen atoms in total. The number of benzene rings is 1. The normalized spacial score (nSPS) is 19.6. The lowest BCUT2D eigenvalue weighted by Gasteiger charge is -2.34. The minimum absolute atomic E-state index is 0.183. The maximum Gasteiger partial charge on any atom is 0.247 e. The van der Waals surface area contributed by atoms with Gasteiger partial charge in [0.2, 0.25) is 15.6 Å². The van der Waals surface area contributed by atoms with Gasteiger partial charge < -0.3 is 4.98 Å². The fourth-order valence-corrected chi connectivity index (χ4v) is 4.68. The molecule has 1 aromatic carbocycles. The number of nitrogens with one attached hydrogen (secondary N) is 1. The molecule has 2 heterocycles. The van der Waals surface area contributed by atoms with Gasteiger partial charge in [-0.2, -0.15) is 4.31 Å². The van der Waals surface area contributed by atoms with E-state index in [2.05, 4.69) is 4.98 Å². The minimum atomic E-state index is -3.54. The standard InChI is InChI=1S/C17H20N2O3S/c1-13-5-8-15(9-6-13)23(21,22)19-11-3-2-4-16(19)14-7-10-17(20)18-12-14/h5-10,12,16H,2-4,11H2,1H3,(H,18,20)/t16-/m0/s1. The molecule has 6 heteroatoms. The molecule has 0 bridgehead atoms. The van der Waals surface area contributed by atoms with Crippen LogP contribution in [0.15, 0.2) is 52.3 Å². The monoisotopic (exact) mass is 332 g/mol. The molecule has 1 atom stereocenters. The fraction of sp³-hybridized carbons (Fsp3) is 0.353. The third-order valence-electron chi connectivity index (χ3n) is 4.27. The van der Waals surface area contributed by atoms with Crippen LogP contribution in [0.4, 0.5) is 0 Å². The molecule has 122 valence electrons. The molecule has 0 unspecified atom stereocenters. The van der Waals surface area contributed by atoms with Gasteiger partial charge in [-0.05, 0) is 37.5 Å². The van der Waals surface area contributed by atoms with E-state index >= 15 is 0 Å². The quantitative estimate of drug-likeness (QED) is 0.939. The summed E-state index contributed by atoms with van der Waals surface area (Å²) in [6, 6.07) is 9.86. The predicted molar refractivity (Wildman–Crippen MR) is 88.7 cm³/mol. The number of aromatic amines is 1. The Morgan fingerprint density at radius 3 is 2.48 bits per heavy atom. The van der Waals surface area contributed by atoms with Gasteiger partial charge in [0, 0.05) is 18.8 Å². The summed E-state index contributed by atoms with van der Waals surface area (Å²) in [6.07, 6.45) is 4.21. The van der Waals surface area contributed by atoms with Gasteiger partial charge in [0.25, 0.3) is 0 Å². The number of rotatable bonds is 3. The average Bonchev–Trinajstić information content (AvgIpc) is 2.56. The lowest BCUT2D eigenvalue weighted by atomic mass is 9.99. The zero-order valence-corrected chi connectivity index (χ0v) is 13.8. The molecule has 2 aromatic rings. The van der Waals surface area contributed by atoms with Crippen LogP contribution in [0.3, 0.4) is 0 Å². The van der Waals surface area contributed by atoms with Crippen molar-refractivity contribution in [1.82, 2.24) is 9.29 Å². The van der Waals surface area contributed by atoms with Crippen LogP contribution in [0, 0.1) is 6.92 Å². The van der Waals surface area contributed by atoms with Crippen molar-refractivity contribution < 1.29 is 8.42 Å². The summed E-state index contributed by atoms with van der Waals surface area (Å²) >= 11 is 0. The number of aryl methyl sites for hydroxylation is 1. The van der Waals surface area contributed by atoms with E-state index in [4.69, 9.17) is 0 Å². The number of H-pyrrole nitrogens is 1. The minimum Gasteiger partial charge on any atom is -0.329 e. The van der Waals surface area contributed by atoms with E-state index < -0.39 is 10.0 Å². The second-order valence-electron chi connectivity index (χ2n) is 5.93. The summed E-state index contributed by atoms with van der Waals surface area (Å²) in [4.78, 5) is 14.2. The highest BCUT2D eigenvalue weighted by molar-refractivity contribution is 7.89. The molecule has 1 aliphatic rings. The second-order valence-corrected chi connectivity index (χ2v) is 7.82. The number of nitrogens with zero attached hydrogens (tertiary/aromatic N) is 1. The molecule has 1 aliphatic heterocycles. The second kappa shape index (κ2) is 6.29. The predicted octanol–water partition coefficient (Wildman–Crippen LogP) is 2.60. The van der Waals surface area contributed by atoms with E-state index in [1.54, 1.807) is 28.7 Å². The summed E-state index contributed by atoms with van der Waals surface area (Å²) in [7, 11) is -3.54. The molecule has 3 rings (SSSR count). The molecule has 1 saturated heterocycles. The maximum atomic E-state index is 13.0. The highest BCUT2D eigenvalue weighted by Crippen LogP contribution is 2.34. The van der Waals surface area contributed by atoms with E-state index in [0.29, 0.717) is 11.4 Å². The van der Waals surface area contributed by atoms with Crippen molar-refractivity contribution >= 4 is 10.0 Å². The van der Waals surface area contributed by atoms with E-state index in [9.17, 15) is 13.2 Å². The molecule has 1 aromatic heterocycles. The first-order valence-corrected chi connectivity index (χ1v) is 9.19. The Morgan fingerprint density at radius 1 is 1.09 bits per heavy atom. The Hall–Kier alpha value is -1.92. The molecule has 23 heavy (non-hydrogen) atoms. The van der Waals surface area contributed by atoms with Gasteiger partial charge in [0.1, 0.15) is 0 Å². The van der Waals surface area contributed by atoms with Gasteiger partial charge >= 0.3 is 0 Å². The van der Waals surface area contributed by atoms with Crippen molar-refractivity contribution in [2.75, 3.05) is 6.54 Å². The first kappa shape index (κ1) is 16.0. The number of pyridine rings is 1. The van der Waals surface area contributed by atoms with Crippen LogP contribution in [0.1, 0.15) is 36.4 Å². The van der Waals surface area contributed by atoms with Gasteiger partial charge in [-0.15, -0.1) is 0 Å². The Bertz CT molecular complexity index is 820. The van der Waals surface area contributed by atoms with Crippen LogP contribution in [0.2, 0.25) is 0 Å². The highest BCUT2D eigenvalue weighted by atomic mass is 32.2. The van der Waals surface area contributed by atoms with Crippen LogP contribution < -0.4 is 5.56 Å². The van der Waals surface area contributed by atoms with Crippen LogP contribution in [-0.4, -0.2) is 24.3 Å². The summed E-state index contributed by atoms with van der Waals surface area (Å²) in [5, 5.41) is 0. The average molecular weight is 332 g/mol. The first-order valence-electron chi connectivity index (χ1n) is 7.75. The van der Waals surface area contributed by atoms with Gasteiger partial charge in [-0.3, -0.25) is 4.79 Å². The number of hydrogen-bond donors (Lipinski definition) is 1. The summed E-state index contributed by atoms with van der Waals surface area (Å²) < 4.78 is 27.6. The topological polar surface area (TPSA) is 70.2 Å². The summed E-state index contributed by atoms with van der Waals surface area (Å²) in [5.74, 6) is 0. The molecule has 1 fully saturated rings. The summed E-state index contributed by atoms with van der Waals surface area (Å²) in [6.45, 7) is 2.43. The van der Waals surface area contributed by atoms with Crippen molar-refractivity contribution in [2.24, 2.45) is 0 Å². The van der Waals surface area contributed by atoms with E-state index in [0.717, 1.165) is 30.4 Å². The lowest BCUT2D eigenvalue weighted by molar-refractivity contribution is 0.255. The highest BCUT2D eigenvalue weighted by Gasteiger charge is 2.34. The molecule has 0 spiro atoms. The molecule has 0 amide bonds.